The molecule has 0 bridgehead atoms. The second-order valence-corrected chi connectivity index (χ2v) is 9.41. The average Bonchev–Trinajstić information content (AvgIpc) is 2.81. The largest absolute Gasteiger partial charge is 0.357 e. The molecule has 0 aliphatic carbocycles. The molecule has 1 aromatic heterocycles. The predicted octanol–water partition coefficient (Wildman–Crippen LogP) is 0.745. The summed E-state index contributed by atoms with van der Waals surface area (Å²) < 4.78 is 50.5. The van der Waals surface area contributed by atoms with E-state index in [2.05, 4.69) is 47.9 Å². The number of aromatic nitrogens is 1. The first-order chi connectivity index (χ1) is 16.1. The third kappa shape index (κ3) is 6.94. The Balaban J connectivity index is 0.000000751. The fourth-order valence-corrected chi connectivity index (χ4v) is 4.10. The van der Waals surface area contributed by atoms with Crippen LogP contribution in [0.4, 0.5) is 0 Å². The van der Waals surface area contributed by atoms with Crippen molar-refractivity contribution in [3.8, 4) is 22.4 Å². The van der Waals surface area contributed by atoms with E-state index in [1.54, 1.807) is 12.1 Å². The van der Waals surface area contributed by atoms with E-state index in [1.165, 1.54) is 5.56 Å². The monoisotopic (exact) mass is 498 g/mol. The van der Waals surface area contributed by atoms with Crippen LogP contribution in [0.15, 0.2) is 102 Å². The van der Waals surface area contributed by atoms with Gasteiger partial charge in [-0.05, 0) is 35.4 Å². The minimum absolute atomic E-state index is 0.121. The molecule has 4 rings (SSSR count). The van der Waals surface area contributed by atoms with Gasteiger partial charge in [-0.15, -0.1) is 0 Å². The van der Waals surface area contributed by atoms with Crippen LogP contribution < -0.4 is 23.7 Å². The maximum atomic E-state index is 11.5. The highest BCUT2D eigenvalue weighted by molar-refractivity contribution is 7.89. The van der Waals surface area contributed by atoms with Crippen LogP contribution >= 0.6 is 0 Å². The Morgan fingerprint density at radius 1 is 0.765 bits per heavy atom. The highest BCUT2D eigenvalue weighted by atomic mass is 35.6. The van der Waals surface area contributed by atoms with Gasteiger partial charge in [0.25, 0.3) is 0 Å². The number of benzene rings is 3. The summed E-state index contributed by atoms with van der Waals surface area (Å²) in [5.74, 6) is 0. The molecular formula is C25H23ClN2O5S. The van der Waals surface area contributed by atoms with Crippen molar-refractivity contribution in [2.75, 3.05) is 0 Å². The Hall–Kier alpha value is -3.11. The molecule has 0 saturated carbocycles. The Labute approximate surface area is 201 Å². The molecule has 0 spiro atoms. The number of rotatable bonds is 5. The number of nitrogens with zero attached hydrogens (tertiary/aromatic N) is 1. The fraction of sp³-hybridized carbons (Fsp3) is 0.0800. The van der Waals surface area contributed by atoms with Crippen LogP contribution in [0.5, 0.6) is 0 Å². The lowest BCUT2D eigenvalue weighted by atomic mass is 10.0. The zero-order chi connectivity index (χ0) is 24.7. The summed E-state index contributed by atoms with van der Waals surface area (Å²) in [6, 6.07) is 31.7. The first-order valence-corrected chi connectivity index (χ1v) is 12.6. The van der Waals surface area contributed by atoms with Crippen molar-refractivity contribution in [2.24, 2.45) is 5.14 Å². The molecule has 4 aromatic rings. The molecule has 0 radical (unpaired) electrons. The number of nitrogens with two attached hydrogens (primary N) is 1. The second-order valence-electron chi connectivity index (χ2n) is 7.47. The third-order valence-electron chi connectivity index (χ3n) is 5.14. The smallest absolute Gasteiger partial charge is 0.238 e. The van der Waals surface area contributed by atoms with Gasteiger partial charge in [0, 0.05) is 30.2 Å². The number of sulfonamides is 1. The summed E-state index contributed by atoms with van der Waals surface area (Å²) in [5.41, 5.74) is 6.67. The molecule has 0 aliphatic rings. The predicted molar refractivity (Wildman–Crippen MR) is 119 cm³/mol. The van der Waals surface area contributed by atoms with Gasteiger partial charge < -0.3 is 14.0 Å². The first kappa shape index (κ1) is 25.5. The molecule has 7 nitrogen and oxygen atoms in total. The maximum Gasteiger partial charge on any atom is 0.238 e. The molecule has 0 amide bonds. The third-order valence-corrected chi connectivity index (χ3v) is 6.07. The quantitative estimate of drug-likeness (QED) is 0.405. The lowest BCUT2D eigenvalue weighted by Gasteiger charge is -2.11. The molecule has 0 unspecified atom stereocenters. The van der Waals surface area contributed by atoms with Crippen LogP contribution in [0.2, 0.25) is 0 Å². The van der Waals surface area contributed by atoms with Gasteiger partial charge in [-0.25, -0.2) is 13.6 Å². The zero-order valence-corrected chi connectivity index (χ0v) is 19.9. The molecule has 3 aromatic carbocycles. The molecule has 0 aliphatic heterocycles. The van der Waals surface area contributed by atoms with Crippen molar-refractivity contribution in [3.63, 3.8) is 0 Å². The van der Waals surface area contributed by atoms with Crippen molar-refractivity contribution in [1.82, 2.24) is 0 Å². The van der Waals surface area contributed by atoms with Gasteiger partial charge in [-0.2, -0.15) is 4.57 Å². The summed E-state index contributed by atoms with van der Waals surface area (Å²) >= 11 is 0. The molecular weight excluding hydrogens is 476 g/mol. The van der Waals surface area contributed by atoms with Gasteiger partial charge >= 0.3 is 0 Å². The lowest BCUT2D eigenvalue weighted by Crippen LogP contribution is -2.42. The lowest BCUT2D eigenvalue weighted by molar-refractivity contribution is -1.73. The van der Waals surface area contributed by atoms with Crippen molar-refractivity contribution in [2.45, 2.75) is 18.4 Å². The van der Waals surface area contributed by atoms with Crippen molar-refractivity contribution < 1.29 is 37.7 Å². The van der Waals surface area contributed by atoms with Crippen LogP contribution in [0.25, 0.3) is 22.4 Å². The van der Waals surface area contributed by atoms with Crippen LogP contribution in [0, 0.1) is 17.7 Å². The van der Waals surface area contributed by atoms with E-state index < -0.39 is 20.8 Å². The minimum Gasteiger partial charge on any atom is -0.357 e. The molecule has 176 valence electrons. The standard InChI is InChI=1S/C25H23N2O2S.ClO3/c1-19-16-23(21-8-4-2-5-9-21)17-25(22-10-6-3-7-11-22)27(19)18-20-12-14-24(15-13-20)30(26,28)29;2-1(3)4/h2-17H,18H2,1H3,(H2,26,28,29);/q+1;-1. The van der Waals surface area contributed by atoms with E-state index >= 15 is 0 Å². The molecule has 0 fully saturated rings. The topological polar surface area (TPSA) is 133 Å². The Kier molecular flexibility index (Phi) is 8.51. The van der Waals surface area contributed by atoms with Crippen LogP contribution in [-0.4, -0.2) is 8.42 Å². The number of pyridine rings is 1. The molecule has 34 heavy (non-hydrogen) atoms. The molecule has 0 saturated heterocycles. The number of primary sulfonamides is 1. The summed E-state index contributed by atoms with van der Waals surface area (Å²) in [6.07, 6.45) is 0. The Bertz CT molecular complexity index is 1330. The van der Waals surface area contributed by atoms with Gasteiger partial charge in [-0.1, -0.05) is 60.7 Å². The van der Waals surface area contributed by atoms with Gasteiger partial charge in [0.2, 0.25) is 15.7 Å². The van der Waals surface area contributed by atoms with Crippen molar-refractivity contribution in [1.29, 1.82) is 0 Å². The summed E-state index contributed by atoms with van der Waals surface area (Å²) in [6.45, 7) is 2.72. The minimum atomic E-state index is -3.69. The van der Waals surface area contributed by atoms with Crippen LogP contribution in [-0.2, 0) is 16.6 Å². The van der Waals surface area contributed by atoms with Gasteiger partial charge in [0.15, 0.2) is 12.2 Å². The fourth-order valence-electron chi connectivity index (χ4n) is 3.58. The van der Waals surface area contributed by atoms with E-state index in [9.17, 15) is 8.42 Å². The van der Waals surface area contributed by atoms with Crippen LogP contribution in [0.3, 0.4) is 0 Å². The van der Waals surface area contributed by atoms with E-state index in [4.69, 9.17) is 19.1 Å². The van der Waals surface area contributed by atoms with Gasteiger partial charge in [0.1, 0.15) is 0 Å². The van der Waals surface area contributed by atoms with Crippen molar-refractivity contribution in [3.05, 3.63) is 108 Å². The number of halogens is 1. The summed E-state index contributed by atoms with van der Waals surface area (Å²) in [5, 5.41) is 5.22. The molecule has 0 atom stereocenters. The highest BCUT2D eigenvalue weighted by Crippen LogP contribution is 2.25. The van der Waals surface area contributed by atoms with E-state index in [0.717, 1.165) is 28.1 Å². The molecule has 2 N–H and O–H groups in total. The summed E-state index contributed by atoms with van der Waals surface area (Å²) in [7, 11) is -6.55. The SMILES string of the molecule is Cc1cc(-c2ccccc2)cc(-c2ccccc2)[n+]1Cc1ccc(S(N)(=O)=O)cc1.[O-][Cl+2]([O-])[O-]. The molecule has 9 heteroatoms. The van der Waals surface area contributed by atoms with Gasteiger partial charge in [0.05, 0.1) is 15.7 Å². The second kappa shape index (κ2) is 11.3. The number of aryl methyl sites for hydroxylation is 1. The van der Waals surface area contributed by atoms with Crippen LogP contribution in [0.1, 0.15) is 11.3 Å². The Morgan fingerprint density at radius 3 is 1.76 bits per heavy atom. The van der Waals surface area contributed by atoms with E-state index in [-0.39, 0.29) is 4.90 Å². The van der Waals surface area contributed by atoms with E-state index in [1.807, 2.05) is 48.5 Å². The molecule has 1 heterocycles. The normalized spacial score (nSPS) is 11.1. The zero-order valence-electron chi connectivity index (χ0n) is 18.3. The first-order valence-electron chi connectivity index (χ1n) is 10.2. The van der Waals surface area contributed by atoms with Crippen molar-refractivity contribution >= 4 is 10.0 Å². The Morgan fingerprint density at radius 2 is 1.26 bits per heavy atom. The van der Waals surface area contributed by atoms with E-state index in [0.29, 0.717) is 6.54 Å². The maximum absolute atomic E-state index is 11.5. The number of hydrogen-bond donors (Lipinski definition) is 1. The summed E-state index contributed by atoms with van der Waals surface area (Å²) in [4.78, 5) is 0.121. The highest BCUT2D eigenvalue weighted by Gasteiger charge is 2.19. The number of hydrogen-bond acceptors (Lipinski definition) is 5. The average molecular weight is 499 g/mol. The van der Waals surface area contributed by atoms with Gasteiger partial charge in [-0.3, -0.25) is 0 Å².